The molecule has 1 aliphatic rings. The number of hydrogen-bond acceptors (Lipinski definition) is 5. The summed E-state index contributed by atoms with van der Waals surface area (Å²) >= 11 is 0. The molecule has 16 heavy (non-hydrogen) atoms. The van der Waals surface area contributed by atoms with Gasteiger partial charge >= 0.3 is 0 Å². The molecule has 0 radical (unpaired) electrons. The van der Waals surface area contributed by atoms with E-state index in [4.69, 9.17) is 10.5 Å². The lowest BCUT2D eigenvalue weighted by atomic mass is 10.2. The molecule has 0 bridgehead atoms. The van der Waals surface area contributed by atoms with E-state index >= 15 is 0 Å². The van der Waals surface area contributed by atoms with Crippen LogP contribution in [0.5, 0.6) is 0 Å². The van der Waals surface area contributed by atoms with Crippen LogP contribution < -0.4 is 5.73 Å². The van der Waals surface area contributed by atoms with Crippen LogP contribution in [0.4, 0.5) is 0 Å². The molecule has 0 aliphatic carbocycles. The fourth-order valence-corrected chi connectivity index (χ4v) is 1.83. The van der Waals surface area contributed by atoms with Crippen LogP contribution >= 0.6 is 0 Å². The summed E-state index contributed by atoms with van der Waals surface area (Å²) < 4.78 is 5.69. The number of likely N-dealkylation sites (N-methyl/N-ethyl adjacent to an activating group) is 1. The third-order valence-corrected chi connectivity index (χ3v) is 2.83. The Balaban J connectivity index is 2.10. The summed E-state index contributed by atoms with van der Waals surface area (Å²) in [7, 11) is 0. The van der Waals surface area contributed by atoms with Crippen LogP contribution in [0, 0.1) is 0 Å². The van der Waals surface area contributed by atoms with Crippen molar-refractivity contribution in [3.63, 3.8) is 0 Å². The first-order valence-corrected chi connectivity index (χ1v) is 5.69. The molecule has 1 atom stereocenters. The quantitative estimate of drug-likeness (QED) is 0.798. The van der Waals surface area contributed by atoms with E-state index in [-0.39, 0.29) is 6.10 Å². The Hall–Kier alpha value is -1.04. The highest BCUT2D eigenvalue weighted by atomic mass is 16.5. The molecule has 1 aliphatic heterocycles. The molecule has 1 unspecified atom stereocenters. The van der Waals surface area contributed by atoms with E-state index in [1.165, 1.54) is 0 Å². The summed E-state index contributed by atoms with van der Waals surface area (Å²) in [6.45, 7) is 6.23. The first kappa shape index (κ1) is 11.4. The molecule has 0 aromatic carbocycles. The summed E-state index contributed by atoms with van der Waals surface area (Å²) in [5, 5.41) is 0. The SMILES string of the molecule is CCN1CCOC(c2nccc(CN)n2)C1. The Morgan fingerprint density at radius 1 is 1.62 bits per heavy atom. The van der Waals surface area contributed by atoms with Gasteiger partial charge in [-0.25, -0.2) is 9.97 Å². The van der Waals surface area contributed by atoms with Gasteiger partial charge in [-0.15, -0.1) is 0 Å². The standard InChI is InChI=1S/C11H18N4O/c1-2-15-5-6-16-10(8-15)11-13-4-3-9(7-12)14-11/h3-4,10H,2,5-8,12H2,1H3. The Kier molecular flexibility index (Phi) is 3.82. The van der Waals surface area contributed by atoms with E-state index in [0.29, 0.717) is 6.54 Å². The molecule has 0 spiro atoms. The normalized spacial score (nSPS) is 22.2. The van der Waals surface area contributed by atoms with Gasteiger partial charge in [-0.05, 0) is 12.6 Å². The number of ether oxygens (including phenoxy) is 1. The molecule has 1 fully saturated rings. The van der Waals surface area contributed by atoms with Gasteiger partial charge in [-0.1, -0.05) is 6.92 Å². The van der Waals surface area contributed by atoms with Crippen molar-refractivity contribution in [1.82, 2.24) is 14.9 Å². The fraction of sp³-hybridized carbons (Fsp3) is 0.636. The maximum absolute atomic E-state index is 5.69. The van der Waals surface area contributed by atoms with Crippen molar-refractivity contribution in [2.45, 2.75) is 19.6 Å². The van der Waals surface area contributed by atoms with Gasteiger partial charge < -0.3 is 10.5 Å². The predicted octanol–water partition coefficient (Wildman–Crippen LogP) is 0.329. The molecule has 5 heteroatoms. The number of aromatic nitrogens is 2. The Labute approximate surface area is 95.6 Å². The van der Waals surface area contributed by atoms with Gasteiger partial charge in [0.05, 0.1) is 12.3 Å². The van der Waals surface area contributed by atoms with Gasteiger partial charge in [0.15, 0.2) is 5.82 Å². The summed E-state index contributed by atoms with van der Waals surface area (Å²) in [6, 6.07) is 1.84. The highest BCUT2D eigenvalue weighted by Gasteiger charge is 2.23. The molecule has 5 nitrogen and oxygen atoms in total. The molecule has 2 N–H and O–H groups in total. The molecule has 2 rings (SSSR count). The summed E-state index contributed by atoms with van der Waals surface area (Å²) in [6.07, 6.45) is 1.74. The van der Waals surface area contributed by atoms with Gasteiger partial charge in [0, 0.05) is 25.8 Å². The lowest BCUT2D eigenvalue weighted by Gasteiger charge is -2.31. The van der Waals surface area contributed by atoms with E-state index < -0.39 is 0 Å². The van der Waals surface area contributed by atoms with E-state index in [1.54, 1.807) is 6.20 Å². The average Bonchev–Trinajstić information content (AvgIpc) is 2.39. The molecule has 2 heterocycles. The molecular weight excluding hydrogens is 204 g/mol. The highest BCUT2D eigenvalue weighted by Crippen LogP contribution is 2.18. The number of rotatable bonds is 3. The summed E-state index contributed by atoms with van der Waals surface area (Å²) in [5.41, 5.74) is 6.42. The summed E-state index contributed by atoms with van der Waals surface area (Å²) in [4.78, 5) is 11.0. The van der Waals surface area contributed by atoms with Crippen molar-refractivity contribution in [2.75, 3.05) is 26.2 Å². The predicted molar refractivity (Wildman–Crippen MR) is 60.7 cm³/mol. The highest BCUT2D eigenvalue weighted by molar-refractivity contribution is 5.04. The zero-order valence-electron chi connectivity index (χ0n) is 9.59. The van der Waals surface area contributed by atoms with Crippen molar-refractivity contribution in [3.05, 3.63) is 23.8 Å². The van der Waals surface area contributed by atoms with Crippen molar-refractivity contribution in [2.24, 2.45) is 5.73 Å². The minimum atomic E-state index is -0.0137. The second-order valence-electron chi connectivity index (χ2n) is 3.86. The first-order valence-electron chi connectivity index (χ1n) is 5.69. The van der Waals surface area contributed by atoms with E-state index in [1.807, 2.05) is 6.07 Å². The monoisotopic (exact) mass is 222 g/mol. The van der Waals surface area contributed by atoms with E-state index in [2.05, 4.69) is 21.8 Å². The van der Waals surface area contributed by atoms with Crippen LogP contribution in [0.3, 0.4) is 0 Å². The van der Waals surface area contributed by atoms with Crippen LogP contribution in [0.1, 0.15) is 24.5 Å². The van der Waals surface area contributed by atoms with Gasteiger partial charge in [0.1, 0.15) is 6.10 Å². The molecule has 88 valence electrons. The Morgan fingerprint density at radius 2 is 2.50 bits per heavy atom. The minimum Gasteiger partial charge on any atom is -0.368 e. The number of morpholine rings is 1. The van der Waals surface area contributed by atoms with Crippen LogP contribution in [0.15, 0.2) is 12.3 Å². The lowest BCUT2D eigenvalue weighted by Crippen LogP contribution is -2.38. The zero-order chi connectivity index (χ0) is 11.4. The maximum atomic E-state index is 5.69. The van der Waals surface area contributed by atoms with Crippen LogP contribution in [-0.2, 0) is 11.3 Å². The third-order valence-electron chi connectivity index (χ3n) is 2.83. The fourth-order valence-electron chi connectivity index (χ4n) is 1.83. The van der Waals surface area contributed by atoms with Crippen molar-refractivity contribution >= 4 is 0 Å². The first-order chi connectivity index (χ1) is 7.83. The molecule has 1 aromatic rings. The van der Waals surface area contributed by atoms with Crippen LogP contribution in [0.2, 0.25) is 0 Å². The third kappa shape index (κ3) is 2.55. The van der Waals surface area contributed by atoms with Crippen LogP contribution in [-0.4, -0.2) is 41.1 Å². The van der Waals surface area contributed by atoms with Crippen molar-refractivity contribution in [1.29, 1.82) is 0 Å². The Morgan fingerprint density at radius 3 is 3.25 bits per heavy atom. The van der Waals surface area contributed by atoms with Gasteiger partial charge in [0.2, 0.25) is 0 Å². The molecule has 0 amide bonds. The second-order valence-corrected chi connectivity index (χ2v) is 3.86. The number of nitrogens with zero attached hydrogens (tertiary/aromatic N) is 3. The van der Waals surface area contributed by atoms with E-state index in [9.17, 15) is 0 Å². The van der Waals surface area contributed by atoms with E-state index in [0.717, 1.165) is 37.8 Å². The smallest absolute Gasteiger partial charge is 0.158 e. The number of nitrogens with two attached hydrogens (primary N) is 1. The molecular formula is C11H18N4O. The average molecular weight is 222 g/mol. The summed E-state index contributed by atoms with van der Waals surface area (Å²) in [5.74, 6) is 0.751. The van der Waals surface area contributed by atoms with Gasteiger partial charge in [-0.3, -0.25) is 4.90 Å². The van der Waals surface area contributed by atoms with Gasteiger partial charge in [-0.2, -0.15) is 0 Å². The van der Waals surface area contributed by atoms with Crippen LogP contribution in [0.25, 0.3) is 0 Å². The second kappa shape index (κ2) is 5.34. The van der Waals surface area contributed by atoms with Crippen molar-refractivity contribution in [3.8, 4) is 0 Å². The zero-order valence-corrected chi connectivity index (χ0v) is 9.59. The topological polar surface area (TPSA) is 64.3 Å². The molecule has 1 saturated heterocycles. The Bertz CT molecular complexity index is 345. The lowest BCUT2D eigenvalue weighted by molar-refractivity contribution is -0.0326. The maximum Gasteiger partial charge on any atom is 0.158 e. The van der Waals surface area contributed by atoms with Gasteiger partial charge in [0.25, 0.3) is 0 Å². The molecule has 1 aromatic heterocycles. The minimum absolute atomic E-state index is 0.0137. The molecule has 0 saturated carbocycles. The van der Waals surface area contributed by atoms with Crippen molar-refractivity contribution < 1.29 is 4.74 Å². The number of hydrogen-bond donors (Lipinski definition) is 1. The largest absolute Gasteiger partial charge is 0.368 e.